The zero-order valence-electron chi connectivity index (χ0n) is 11.7. The number of anilines is 1. The van der Waals surface area contributed by atoms with Crippen LogP contribution in [0.25, 0.3) is 0 Å². The lowest BCUT2D eigenvalue weighted by Gasteiger charge is -2.24. The van der Waals surface area contributed by atoms with Crippen LogP contribution in [-0.2, 0) is 0 Å². The van der Waals surface area contributed by atoms with Crippen molar-refractivity contribution in [3.8, 4) is 0 Å². The van der Waals surface area contributed by atoms with Gasteiger partial charge >= 0.3 is 0 Å². The number of nitrogens with two attached hydrogens (primary N) is 1. The predicted octanol–water partition coefficient (Wildman–Crippen LogP) is 3.12. The maximum atomic E-state index is 6.00. The fourth-order valence-electron chi connectivity index (χ4n) is 1.78. The molecule has 19 heavy (non-hydrogen) atoms. The van der Waals surface area contributed by atoms with E-state index in [-0.39, 0.29) is 0 Å². The summed E-state index contributed by atoms with van der Waals surface area (Å²) in [4.78, 5) is 2.70. The molecule has 0 saturated carbocycles. The molecule has 5 heteroatoms. The number of likely N-dealkylation sites (N-methyl/N-ethyl adjacent to an activating group) is 1. The van der Waals surface area contributed by atoms with Crippen LogP contribution in [0.3, 0.4) is 0 Å². The highest BCUT2D eigenvalue weighted by atomic mass is 35.5. The molecule has 3 nitrogen and oxygen atoms in total. The first-order valence-corrected chi connectivity index (χ1v) is 7.27. The lowest BCUT2D eigenvalue weighted by atomic mass is 10.1. The Balaban J connectivity index is 2.62. The van der Waals surface area contributed by atoms with Gasteiger partial charge in [-0.05, 0) is 38.6 Å². The summed E-state index contributed by atoms with van der Waals surface area (Å²) in [6, 6.07) is 6.09. The summed E-state index contributed by atoms with van der Waals surface area (Å²) in [6.07, 6.45) is 1.14. The second-order valence-corrected chi connectivity index (χ2v) is 5.60. The Labute approximate surface area is 126 Å². The summed E-state index contributed by atoms with van der Waals surface area (Å²) in [5.74, 6) is 0. The molecule has 1 unspecified atom stereocenters. The standard InChI is InChI=1S/C14H22ClN3S/c1-4-10(2)18(3)8-7-17-13-9-11(15)5-6-12(13)14(16)19/h5-6,9-10,17H,4,7-8H2,1-3H3,(H2,16,19). The van der Waals surface area contributed by atoms with Crippen LogP contribution in [0.2, 0.25) is 5.02 Å². The highest BCUT2D eigenvalue weighted by molar-refractivity contribution is 7.80. The van der Waals surface area contributed by atoms with E-state index < -0.39 is 0 Å². The number of rotatable bonds is 7. The van der Waals surface area contributed by atoms with E-state index in [4.69, 9.17) is 29.6 Å². The van der Waals surface area contributed by atoms with E-state index in [0.717, 1.165) is 30.8 Å². The fourth-order valence-corrected chi connectivity index (χ4v) is 2.13. The van der Waals surface area contributed by atoms with Gasteiger partial charge < -0.3 is 16.0 Å². The van der Waals surface area contributed by atoms with E-state index in [1.807, 2.05) is 12.1 Å². The largest absolute Gasteiger partial charge is 0.389 e. The van der Waals surface area contributed by atoms with Crippen molar-refractivity contribution in [2.45, 2.75) is 26.3 Å². The molecule has 0 amide bonds. The average Bonchev–Trinajstić information content (AvgIpc) is 2.37. The van der Waals surface area contributed by atoms with E-state index in [0.29, 0.717) is 16.1 Å². The minimum Gasteiger partial charge on any atom is -0.389 e. The highest BCUT2D eigenvalue weighted by Gasteiger charge is 2.08. The lowest BCUT2D eigenvalue weighted by Crippen LogP contribution is -2.33. The second kappa shape index (κ2) is 7.68. The first-order valence-electron chi connectivity index (χ1n) is 6.49. The molecule has 1 atom stereocenters. The second-order valence-electron chi connectivity index (χ2n) is 4.72. The minimum absolute atomic E-state index is 0.384. The molecule has 1 aromatic rings. The maximum Gasteiger partial charge on any atom is 0.106 e. The van der Waals surface area contributed by atoms with Crippen molar-refractivity contribution in [1.29, 1.82) is 0 Å². The van der Waals surface area contributed by atoms with Gasteiger partial charge in [0.15, 0.2) is 0 Å². The zero-order valence-corrected chi connectivity index (χ0v) is 13.3. The Hall–Kier alpha value is -0.840. The van der Waals surface area contributed by atoms with Gasteiger partial charge in [0.1, 0.15) is 4.99 Å². The van der Waals surface area contributed by atoms with E-state index in [1.54, 1.807) is 6.07 Å². The quantitative estimate of drug-likeness (QED) is 0.759. The van der Waals surface area contributed by atoms with Gasteiger partial charge in [0.25, 0.3) is 0 Å². The van der Waals surface area contributed by atoms with Gasteiger partial charge in [-0.15, -0.1) is 0 Å². The molecule has 0 aliphatic heterocycles. The summed E-state index contributed by atoms with van der Waals surface area (Å²) in [5, 5.41) is 4.03. The van der Waals surface area contributed by atoms with Crippen molar-refractivity contribution >= 4 is 34.5 Å². The van der Waals surface area contributed by atoms with Gasteiger partial charge in [-0.2, -0.15) is 0 Å². The topological polar surface area (TPSA) is 41.3 Å². The summed E-state index contributed by atoms with van der Waals surface area (Å²) in [6.45, 7) is 6.20. The predicted molar refractivity (Wildman–Crippen MR) is 88.2 cm³/mol. The van der Waals surface area contributed by atoms with Crippen molar-refractivity contribution in [3.63, 3.8) is 0 Å². The molecular weight excluding hydrogens is 278 g/mol. The normalized spacial score (nSPS) is 12.5. The van der Waals surface area contributed by atoms with Gasteiger partial charge in [0.2, 0.25) is 0 Å². The smallest absolute Gasteiger partial charge is 0.106 e. The number of nitrogens with one attached hydrogen (secondary N) is 1. The SMILES string of the molecule is CCC(C)N(C)CCNc1cc(Cl)ccc1C(N)=S. The lowest BCUT2D eigenvalue weighted by molar-refractivity contribution is 0.261. The molecule has 0 aromatic heterocycles. The summed E-state index contributed by atoms with van der Waals surface area (Å²) >= 11 is 11.0. The first kappa shape index (κ1) is 16.2. The fraction of sp³-hybridized carbons (Fsp3) is 0.500. The van der Waals surface area contributed by atoms with Crippen LogP contribution in [0, 0.1) is 0 Å². The Morgan fingerprint density at radius 2 is 2.21 bits per heavy atom. The molecule has 1 rings (SSSR count). The van der Waals surface area contributed by atoms with Crippen LogP contribution < -0.4 is 11.1 Å². The molecule has 0 radical (unpaired) electrons. The molecule has 0 spiro atoms. The molecule has 0 fully saturated rings. The van der Waals surface area contributed by atoms with Crippen molar-refractivity contribution in [2.24, 2.45) is 5.73 Å². The van der Waals surface area contributed by atoms with Crippen LogP contribution in [-0.4, -0.2) is 36.1 Å². The van der Waals surface area contributed by atoms with Gasteiger partial charge in [0, 0.05) is 35.4 Å². The average molecular weight is 300 g/mol. The van der Waals surface area contributed by atoms with Gasteiger partial charge in [-0.3, -0.25) is 0 Å². The Kier molecular flexibility index (Phi) is 6.55. The van der Waals surface area contributed by atoms with Crippen molar-refractivity contribution < 1.29 is 0 Å². The molecule has 0 heterocycles. The van der Waals surface area contributed by atoms with Crippen LogP contribution >= 0.6 is 23.8 Å². The molecule has 106 valence electrons. The number of hydrogen-bond acceptors (Lipinski definition) is 3. The van der Waals surface area contributed by atoms with E-state index in [2.05, 4.69) is 31.1 Å². The molecule has 1 aromatic carbocycles. The summed E-state index contributed by atoms with van der Waals surface area (Å²) in [7, 11) is 2.13. The number of hydrogen-bond donors (Lipinski definition) is 2. The van der Waals surface area contributed by atoms with Crippen LogP contribution in [0.4, 0.5) is 5.69 Å². The third kappa shape index (κ3) is 4.97. The van der Waals surface area contributed by atoms with E-state index >= 15 is 0 Å². The van der Waals surface area contributed by atoms with Gasteiger partial charge in [-0.25, -0.2) is 0 Å². The molecule has 3 N–H and O–H groups in total. The van der Waals surface area contributed by atoms with Gasteiger partial charge in [0.05, 0.1) is 0 Å². The van der Waals surface area contributed by atoms with Crippen molar-refractivity contribution in [1.82, 2.24) is 4.90 Å². The van der Waals surface area contributed by atoms with Crippen LogP contribution in [0.15, 0.2) is 18.2 Å². The minimum atomic E-state index is 0.384. The third-order valence-corrected chi connectivity index (χ3v) is 3.83. The summed E-state index contributed by atoms with van der Waals surface area (Å²) in [5.41, 5.74) is 7.44. The molecular formula is C14H22ClN3S. The number of halogens is 1. The Morgan fingerprint density at radius 3 is 2.79 bits per heavy atom. The summed E-state index contributed by atoms with van der Waals surface area (Å²) < 4.78 is 0. The Morgan fingerprint density at radius 1 is 1.53 bits per heavy atom. The zero-order chi connectivity index (χ0) is 14.4. The van der Waals surface area contributed by atoms with Gasteiger partial charge in [-0.1, -0.05) is 30.7 Å². The number of benzene rings is 1. The highest BCUT2D eigenvalue weighted by Crippen LogP contribution is 2.20. The Bertz CT molecular complexity index is 437. The number of thiocarbonyl (C=S) groups is 1. The van der Waals surface area contributed by atoms with Crippen molar-refractivity contribution in [2.75, 3.05) is 25.5 Å². The third-order valence-electron chi connectivity index (χ3n) is 3.37. The first-order chi connectivity index (χ1) is 8.95. The van der Waals surface area contributed by atoms with E-state index in [1.165, 1.54) is 0 Å². The maximum absolute atomic E-state index is 6.00. The molecule has 0 aliphatic carbocycles. The van der Waals surface area contributed by atoms with Crippen LogP contribution in [0.5, 0.6) is 0 Å². The number of nitrogens with zero attached hydrogens (tertiary/aromatic N) is 1. The molecule has 0 aliphatic rings. The molecule has 0 saturated heterocycles. The van der Waals surface area contributed by atoms with E-state index in [9.17, 15) is 0 Å². The monoisotopic (exact) mass is 299 g/mol. The van der Waals surface area contributed by atoms with Crippen molar-refractivity contribution in [3.05, 3.63) is 28.8 Å². The van der Waals surface area contributed by atoms with Crippen LogP contribution in [0.1, 0.15) is 25.8 Å². The molecule has 0 bridgehead atoms.